The van der Waals surface area contributed by atoms with Crippen molar-refractivity contribution in [2.45, 2.75) is 25.7 Å². The van der Waals surface area contributed by atoms with Gasteiger partial charge in [0.15, 0.2) is 5.13 Å². The number of amides is 1. The second kappa shape index (κ2) is 6.97. The Morgan fingerprint density at radius 1 is 1.19 bits per heavy atom. The molecule has 1 aromatic heterocycles. The van der Waals surface area contributed by atoms with Gasteiger partial charge in [-0.25, -0.2) is 4.98 Å². The van der Waals surface area contributed by atoms with Crippen LogP contribution in [0.5, 0.6) is 0 Å². The Hall–Kier alpha value is -0.810. The number of nitrogens with one attached hydrogen (secondary N) is 1. The normalized spacial score (nSPS) is 13.2. The predicted molar refractivity (Wildman–Crippen MR) is 90.4 cm³/mol. The molecule has 7 heteroatoms. The zero-order valence-electron chi connectivity index (χ0n) is 11.0. The molecule has 0 saturated heterocycles. The predicted octanol–water partition coefficient (Wildman–Crippen LogP) is 5.00. The SMILES string of the molecule is Cl.O=C(Nc1nc2c(s1)CCCC2)c1ccc(Cl)c(Cl)c1. The second-order valence-electron chi connectivity index (χ2n) is 4.68. The third-order valence-corrected chi connectivity index (χ3v) is 5.06. The molecule has 1 amide bonds. The lowest BCUT2D eigenvalue weighted by Crippen LogP contribution is -2.11. The Kier molecular flexibility index (Phi) is 5.49. The maximum atomic E-state index is 12.1. The maximum Gasteiger partial charge on any atom is 0.257 e. The van der Waals surface area contributed by atoms with E-state index in [2.05, 4.69) is 10.3 Å². The Balaban J connectivity index is 0.00000161. The number of aryl methyl sites for hydroxylation is 2. The quantitative estimate of drug-likeness (QED) is 0.815. The van der Waals surface area contributed by atoms with E-state index in [-0.39, 0.29) is 18.3 Å². The first-order valence-corrected chi connectivity index (χ1v) is 7.96. The smallest absolute Gasteiger partial charge is 0.257 e. The highest BCUT2D eigenvalue weighted by atomic mass is 35.5. The number of carbonyl (C=O) groups excluding carboxylic acids is 1. The van der Waals surface area contributed by atoms with Gasteiger partial charge in [0, 0.05) is 10.4 Å². The Morgan fingerprint density at radius 3 is 2.67 bits per heavy atom. The van der Waals surface area contributed by atoms with Crippen LogP contribution >= 0.6 is 46.9 Å². The van der Waals surface area contributed by atoms with Gasteiger partial charge in [0.1, 0.15) is 0 Å². The van der Waals surface area contributed by atoms with E-state index in [1.54, 1.807) is 29.5 Å². The molecule has 0 unspecified atom stereocenters. The van der Waals surface area contributed by atoms with E-state index < -0.39 is 0 Å². The van der Waals surface area contributed by atoms with Gasteiger partial charge in [-0.05, 0) is 43.9 Å². The van der Waals surface area contributed by atoms with Gasteiger partial charge in [0.05, 0.1) is 15.7 Å². The fourth-order valence-electron chi connectivity index (χ4n) is 2.21. The van der Waals surface area contributed by atoms with Crippen LogP contribution in [0, 0.1) is 0 Å². The number of hydrogen-bond donors (Lipinski definition) is 1. The molecule has 1 heterocycles. The van der Waals surface area contributed by atoms with Crippen LogP contribution in [0.25, 0.3) is 0 Å². The number of hydrogen-bond acceptors (Lipinski definition) is 3. The minimum atomic E-state index is -0.213. The summed E-state index contributed by atoms with van der Waals surface area (Å²) < 4.78 is 0. The van der Waals surface area contributed by atoms with Crippen molar-refractivity contribution in [1.29, 1.82) is 0 Å². The van der Waals surface area contributed by atoms with Gasteiger partial charge in [-0.2, -0.15) is 0 Å². The van der Waals surface area contributed by atoms with Crippen LogP contribution in [-0.2, 0) is 12.8 Å². The molecule has 2 aromatic rings. The molecule has 1 aliphatic rings. The summed E-state index contributed by atoms with van der Waals surface area (Å²) in [5.74, 6) is -0.213. The van der Waals surface area contributed by atoms with Crippen molar-refractivity contribution in [2.24, 2.45) is 0 Å². The summed E-state index contributed by atoms with van der Waals surface area (Å²) in [6.45, 7) is 0. The van der Waals surface area contributed by atoms with Gasteiger partial charge >= 0.3 is 0 Å². The monoisotopic (exact) mass is 362 g/mol. The van der Waals surface area contributed by atoms with Crippen molar-refractivity contribution in [3.8, 4) is 0 Å². The van der Waals surface area contributed by atoms with Crippen molar-refractivity contribution < 1.29 is 4.79 Å². The third-order valence-electron chi connectivity index (χ3n) is 3.25. The van der Waals surface area contributed by atoms with Crippen molar-refractivity contribution >= 4 is 58.0 Å². The first-order valence-electron chi connectivity index (χ1n) is 6.38. The van der Waals surface area contributed by atoms with Crippen LogP contribution in [0.1, 0.15) is 33.8 Å². The fourth-order valence-corrected chi connectivity index (χ4v) is 3.56. The molecule has 3 rings (SSSR count). The van der Waals surface area contributed by atoms with Crippen molar-refractivity contribution in [2.75, 3.05) is 5.32 Å². The van der Waals surface area contributed by atoms with E-state index in [1.165, 1.54) is 17.7 Å². The summed E-state index contributed by atoms with van der Waals surface area (Å²) in [4.78, 5) is 17.9. The van der Waals surface area contributed by atoms with Crippen LogP contribution in [0.2, 0.25) is 10.0 Å². The summed E-state index contributed by atoms with van der Waals surface area (Å²) in [5, 5.41) is 4.30. The summed E-state index contributed by atoms with van der Waals surface area (Å²) in [7, 11) is 0. The molecule has 1 aliphatic carbocycles. The Morgan fingerprint density at radius 2 is 1.95 bits per heavy atom. The highest BCUT2D eigenvalue weighted by Crippen LogP contribution is 2.30. The molecule has 0 bridgehead atoms. The minimum absolute atomic E-state index is 0. The standard InChI is InChI=1S/C14H12Cl2N2OS.ClH/c15-9-6-5-8(7-10(9)16)13(19)18-14-17-11-3-1-2-4-12(11)20-14;/h5-7H,1-4H2,(H,17,18,19);1H. The molecule has 0 fully saturated rings. The summed E-state index contributed by atoms with van der Waals surface area (Å²) in [6, 6.07) is 4.83. The van der Waals surface area contributed by atoms with Gasteiger partial charge in [-0.3, -0.25) is 10.1 Å². The zero-order chi connectivity index (χ0) is 14.1. The molecular formula is C14H13Cl3N2OS. The van der Waals surface area contributed by atoms with Crippen molar-refractivity contribution in [3.63, 3.8) is 0 Å². The van der Waals surface area contributed by atoms with Gasteiger partial charge in [-0.15, -0.1) is 23.7 Å². The Bertz CT molecular complexity index is 649. The molecule has 3 nitrogen and oxygen atoms in total. The first-order chi connectivity index (χ1) is 9.63. The molecule has 1 N–H and O–H groups in total. The van der Waals surface area contributed by atoms with E-state index in [0.717, 1.165) is 18.5 Å². The highest BCUT2D eigenvalue weighted by Gasteiger charge is 2.17. The topological polar surface area (TPSA) is 42.0 Å². The van der Waals surface area contributed by atoms with E-state index in [1.807, 2.05) is 0 Å². The number of aromatic nitrogens is 1. The number of carbonyl (C=O) groups is 1. The summed E-state index contributed by atoms with van der Waals surface area (Å²) in [5.41, 5.74) is 1.61. The van der Waals surface area contributed by atoms with Gasteiger partial charge in [0.25, 0.3) is 5.91 Å². The van der Waals surface area contributed by atoms with E-state index in [4.69, 9.17) is 23.2 Å². The summed E-state index contributed by atoms with van der Waals surface area (Å²) in [6.07, 6.45) is 4.45. The molecular weight excluding hydrogens is 351 g/mol. The van der Waals surface area contributed by atoms with Crippen LogP contribution in [0.3, 0.4) is 0 Å². The van der Waals surface area contributed by atoms with Crippen LogP contribution in [-0.4, -0.2) is 10.9 Å². The lowest BCUT2D eigenvalue weighted by atomic mass is 10.0. The van der Waals surface area contributed by atoms with Crippen LogP contribution < -0.4 is 5.32 Å². The number of thiazole rings is 1. The van der Waals surface area contributed by atoms with Gasteiger partial charge in [-0.1, -0.05) is 23.2 Å². The first kappa shape index (κ1) is 16.6. The molecule has 1 aromatic carbocycles. The molecule has 0 aliphatic heterocycles. The number of benzene rings is 1. The van der Waals surface area contributed by atoms with E-state index in [0.29, 0.717) is 20.7 Å². The third kappa shape index (κ3) is 3.69. The molecule has 21 heavy (non-hydrogen) atoms. The lowest BCUT2D eigenvalue weighted by molar-refractivity contribution is 0.102. The number of rotatable bonds is 2. The second-order valence-corrected chi connectivity index (χ2v) is 6.58. The minimum Gasteiger partial charge on any atom is -0.298 e. The number of anilines is 1. The molecule has 0 atom stereocenters. The van der Waals surface area contributed by atoms with Gasteiger partial charge < -0.3 is 0 Å². The largest absolute Gasteiger partial charge is 0.298 e. The molecule has 0 saturated carbocycles. The maximum absolute atomic E-state index is 12.1. The van der Waals surface area contributed by atoms with Crippen LogP contribution in [0.15, 0.2) is 18.2 Å². The average Bonchev–Trinajstić information content (AvgIpc) is 2.83. The van der Waals surface area contributed by atoms with Crippen LogP contribution in [0.4, 0.5) is 5.13 Å². The van der Waals surface area contributed by atoms with Crippen molar-refractivity contribution in [1.82, 2.24) is 4.98 Å². The fraction of sp³-hybridized carbons (Fsp3) is 0.286. The van der Waals surface area contributed by atoms with E-state index >= 15 is 0 Å². The summed E-state index contributed by atoms with van der Waals surface area (Å²) >= 11 is 13.3. The highest BCUT2D eigenvalue weighted by molar-refractivity contribution is 7.15. The average molecular weight is 364 g/mol. The molecule has 112 valence electrons. The number of fused-ring (bicyclic) bond motifs is 1. The molecule has 0 radical (unpaired) electrons. The Labute approximate surface area is 143 Å². The molecule has 0 spiro atoms. The van der Waals surface area contributed by atoms with Crippen molar-refractivity contribution in [3.05, 3.63) is 44.4 Å². The number of halogens is 3. The zero-order valence-corrected chi connectivity index (χ0v) is 14.1. The lowest BCUT2D eigenvalue weighted by Gasteiger charge is -2.06. The van der Waals surface area contributed by atoms with Gasteiger partial charge in [0.2, 0.25) is 0 Å². The van der Waals surface area contributed by atoms with E-state index in [9.17, 15) is 4.79 Å². The number of nitrogens with zero attached hydrogens (tertiary/aromatic N) is 1.